The van der Waals surface area contributed by atoms with Crippen molar-refractivity contribution in [1.82, 2.24) is 0 Å². The minimum atomic E-state index is 0.782. The van der Waals surface area contributed by atoms with E-state index in [0.717, 1.165) is 36.0 Å². The van der Waals surface area contributed by atoms with Gasteiger partial charge >= 0.3 is 0 Å². The summed E-state index contributed by atoms with van der Waals surface area (Å²) in [6.45, 7) is 5.59. The highest BCUT2D eigenvalue weighted by Crippen LogP contribution is 2.38. The Bertz CT molecular complexity index is 532. The predicted octanol–water partition coefficient (Wildman–Crippen LogP) is 8.92. The van der Waals surface area contributed by atoms with Crippen LogP contribution in [-0.2, 0) is 0 Å². The molecule has 0 saturated heterocycles. The van der Waals surface area contributed by atoms with Crippen LogP contribution in [0.25, 0.3) is 0 Å². The minimum absolute atomic E-state index is 0.782. The highest BCUT2D eigenvalue weighted by Gasteiger charge is 2.22. The van der Waals surface area contributed by atoms with Gasteiger partial charge in [-0.1, -0.05) is 83.8 Å². The van der Waals surface area contributed by atoms with E-state index < -0.39 is 0 Å². The first kappa shape index (κ1) is 22.7. The van der Waals surface area contributed by atoms with E-state index in [1.165, 1.54) is 102 Å². The lowest BCUT2D eigenvalue weighted by molar-refractivity contribution is 0.245. The summed E-state index contributed by atoms with van der Waals surface area (Å²) in [5.41, 5.74) is 1.54. The van der Waals surface area contributed by atoms with Crippen LogP contribution >= 0.6 is 0 Å². The van der Waals surface area contributed by atoms with Crippen LogP contribution in [0, 0.1) is 17.8 Å². The summed E-state index contributed by atoms with van der Waals surface area (Å²) in [5.74, 6) is 4.76. The van der Waals surface area contributed by atoms with Gasteiger partial charge in [-0.2, -0.15) is 0 Å². The van der Waals surface area contributed by atoms with E-state index in [0.29, 0.717) is 0 Å². The third-order valence-corrected chi connectivity index (χ3v) is 7.83. The van der Waals surface area contributed by atoms with Gasteiger partial charge in [-0.25, -0.2) is 0 Å². The zero-order chi connectivity index (χ0) is 20.3. The summed E-state index contributed by atoms with van der Waals surface area (Å²) >= 11 is 0. The first-order valence-corrected chi connectivity index (χ1v) is 13.0. The zero-order valence-corrected chi connectivity index (χ0v) is 19.3. The van der Waals surface area contributed by atoms with E-state index in [1.54, 1.807) is 0 Å². The molecule has 2 aliphatic rings. The van der Waals surface area contributed by atoms with Crippen molar-refractivity contribution in [3.8, 4) is 5.75 Å². The quantitative estimate of drug-likeness (QED) is 0.338. The van der Waals surface area contributed by atoms with Crippen LogP contribution < -0.4 is 4.74 Å². The number of ether oxygens (including phenoxy) is 1. The Morgan fingerprint density at radius 1 is 0.724 bits per heavy atom. The van der Waals surface area contributed by atoms with Crippen LogP contribution in [0.3, 0.4) is 0 Å². The van der Waals surface area contributed by atoms with Crippen molar-refractivity contribution in [2.24, 2.45) is 17.8 Å². The first-order chi connectivity index (χ1) is 14.2. The number of hydrogen-bond acceptors (Lipinski definition) is 1. The molecule has 2 aliphatic carbocycles. The molecule has 2 fully saturated rings. The van der Waals surface area contributed by atoms with Gasteiger partial charge in [-0.3, -0.25) is 0 Å². The van der Waals surface area contributed by atoms with Crippen molar-refractivity contribution >= 4 is 0 Å². The molecule has 0 N–H and O–H groups in total. The van der Waals surface area contributed by atoms with Crippen LogP contribution in [0.4, 0.5) is 0 Å². The number of benzene rings is 1. The lowest BCUT2D eigenvalue weighted by atomic mass is 9.77. The van der Waals surface area contributed by atoms with E-state index in [9.17, 15) is 0 Å². The van der Waals surface area contributed by atoms with Crippen molar-refractivity contribution in [1.29, 1.82) is 0 Å². The standard InChI is InChI=1S/C28H46O/c1-3-4-5-6-8-24-14-16-26(17-15-24)27-18-20-28(21-19-27)29-22-7-9-25-12-10-23(2)11-13-25/h18-21,23-26H,3-17,22H2,1-2H3/t23-,24-,25-,26-. The minimum Gasteiger partial charge on any atom is -0.494 e. The second-order valence-electron chi connectivity index (χ2n) is 10.3. The Labute approximate surface area is 181 Å². The number of unbranched alkanes of at least 4 members (excludes halogenated alkanes) is 3. The largest absolute Gasteiger partial charge is 0.494 e. The van der Waals surface area contributed by atoms with Crippen LogP contribution in [0.5, 0.6) is 5.75 Å². The Balaban J connectivity index is 1.30. The van der Waals surface area contributed by atoms with Crippen LogP contribution in [0.1, 0.15) is 122 Å². The van der Waals surface area contributed by atoms with Crippen LogP contribution in [0.2, 0.25) is 0 Å². The molecule has 1 aromatic carbocycles. The molecule has 0 bridgehead atoms. The average molecular weight is 399 g/mol. The topological polar surface area (TPSA) is 9.23 Å². The molecule has 29 heavy (non-hydrogen) atoms. The Morgan fingerprint density at radius 3 is 2.00 bits per heavy atom. The lowest BCUT2D eigenvalue weighted by Crippen LogP contribution is -2.13. The van der Waals surface area contributed by atoms with Gasteiger partial charge in [0.25, 0.3) is 0 Å². The summed E-state index contributed by atoms with van der Waals surface area (Å²) in [4.78, 5) is 0. The molecule has 3 rings (SSSR count). The molecule has 0 heterocycles. The van der Waals surface area contributed by atoms with Crippen molar-refractivity contribution in [2.45, 2.75) is 116 Å². The number of hydrogen-bond donors (Lipinski definition) is 0. The molecule has 0 atom stereocenters. The fourth-order valence-electron chi connectivity index (χ4n) is 5.66. The summed E-state index contributed by atoms with van der Waals surface area (Å²) in [6, 6.07) is 9.11. The van der Waals surface area contributed by atoms with Gasteiger partial charge in [-0.05, 0) is 79.9 Å². The van der Waals surface area contributed by atoms with Gasteiger partial charge in [0.2, 0.25) is 0 Å². The molecule has 0 aliphatic heterocycles. The maximum atomic E-state index is 6.04. The second-order valence-corrected chi connectivity index (χ2v) is 10.3. The van der Waals surface area contributed by atoms with Crippen LogP contribution in [-0.4, -0.2) is 6.61 Å². The predicted molar refractivity (Wildman–Crippen MR) is 126 cm³/mol. The molecule has 0 aromatic heterocycles. The first-order valence-electron chi connectivity index (χ1n) is 13.0. The molecule has 1 nitrogen and oxygen atoms in total. The lowest BCUT2D eigenvalue weighted by Gasteiger charge is -2.29. The Morgan fingerprint density at radius 2 is 1.34 bits per heavy atom. The van der Waals surface area contributed by atoms with E-state index in [-0.39, 0.29) is 0 Å². The molecule has 0 unspecified atom stereocenters. The average Bonchev–Trinajstić information content (AvgIpc) is 2.76. The van der Waals surface area contributed by atoms with Crippen molar-refractivity contribution < 1.29 is 4.74 Å². The highest BCUT2D eigenvalue weighted by atomic mass is 16.5. The number of rotatable bonds is 11. The molecule has 2 saturated carbocycles. The maximum absolute atomic E-state index is 6.04. The van der Waals surface area contributed by atoms with Crippen molar-refractivity contribution in [3.05, 3.63) is 29.8 Å². The normalized spacial score (nSPS) is 27.7. The Kier molecular flexibility index (Phi) is 9.91. The molecule has 164 valence electrons. The van der Waals surface area contributed by atoms with Gasteiger partial charge in [-0.15, -0.1) is 0 Å². The van der Waals surface area contributed by atoms with Crippen LogP contribution in [0.15, 0.2) is 24.3 Å². The van der Waals surface area contributed by atoms with E-state index in [1.807, 2.05) is 0 Å². The maximum Gasteiger partial charge on any atom is 0.119 e. The second kappa shape index (κ2) is 12.7. The zero-order valence-electron chi connectivity index (χ0n) is 19.3. The molecular weight excluding hydrogens is 352 g/mol. The third kappa shape index (κ3) is 7.99. The monoisotopic (exact) mass is 398 g/mol. The van der Waals surface area contributed by atoms with Gasteiger partial charge in [0.1, 0.15) is 5.75 Å². The smallest absolute Gasteiger partial charge is 0.119 e. The molecule has 1 heteroatoms. The fourth-order valence-corrected chi connectivity index (χ4v) is 5.66. The Hall–Kier alpha value is -0.980. The molecule has 0 amide bonds. The highest BCUT2D eigenvalue weighted by molar-refractivity contribution is 5.29. The summed E-state index contributed by atoms with van der Waals surface area (Å²) in [6.07, 6.45) is 21.1. The van der Waals surface area contributed by atoms with Crippen molar-refractivity contribution in [2.75, 3.05) is 6.61 Å². The molecular formula is C28H46O. The van der Waals surface area contributed by atoms with Gasteiger partial charge < -0.3 is 4.74 Å². The molecule has 1 aromatic rings. The molecule has 0 spiro atoms. The van der Waals surface area contributed by atoms with E-state index in [4.69, 9.17) is 4.74 Å². The van der Waals surface area contributed by atoms with E-state index >= 15 is 0 Å². The summed E-state index contributed by atoms with van der Waals surface area (Å²) in [7, 11) is 0. The van der Waals surface area contributed by atoms with Crippen molar-refractivity contribution in [3.63, 3.8) is 0 Å². The van der Waals surface area contributed by atoms with Gasteiger partial charge in [0, 0.05) is 0 Å². The SMILES string of the molecule is CCCCCC[C@H]1CC[C@H](c2ccc(OCCC[C@H]3CC[C@H](C)CC3)cc2)CC1. The third-order valence-electron chi connectivity index (χ3n) is 7.83. The van der Waals surface area contributed by atoms with Gasteiger partial charge in [0.05, 0.1) is 6.61 Å². The fraction of sp³-hybridized carbons (Fsp3) is 0.786. The summed E-state index contributed by atoms with van der Waals surface area (Å²) in [5, 5.41) is 0. The van der Waals surface area contributed by atoms with E-state index in [2.05, 4.69) is 38.1 Å². The molecule has 0 radical (unpaired) electrons. The summed E-state index contributed by atoms with van der Waals surface area (Å²) < 4.78 is 6.04. The van der Waals surface area contributed by atoms with Gasteiger partial charge in [0.15, 0.2) is 0 Å².